The zero-order valence-electron chi connectivity index (χ0n) is 11.6. The molecular formula is C14H19N5O. The van der Waals surface area contributed by atoms with Gasteiger partial charge in [0.1, 0.15) is 0 Å². The molecule has 0 saturated heterocycles. The van der Waals surface area contributed by atoms with Gasteiger partial charge in [0.15, 0.2) is 0 Å². The first kappa shape index (κ1) is 14.1. The van der Waals surface area contributed by atoms with Crippen LogP contribution in [0.25, 0.3) is 0 Å². The van der Waals surface area contributed by atoms with Gasteiger partial charge in [-0.1, -0.05) is 12.1 Å². The number of nitrogens with two attached hydrogens (primary N) is 1. The number of urea groups is 1. The minimum absolute atomic E-state index is 0.0114. The molecule has 20 heavy (non-hydrogen) atoms. The molecule has 0 bridgehead atoms. The highest BCUT2D eigenvalue weighted by Gasteiger charge is 2.04. The molecular weight excluding hydrogens is 254 g/mol. The molecule has 1 aromatic carbocycles. The Kier molecular flexibility index (Phi) is 4.37. The van der Waals surface area contributed by atoms with Crippen molar-refractivity contribution in [3.05, 3.63) is 47.8 Å². The fourth-order valence-corrected chi connectivity index (χ4v) is 1.79. The van der Waals surface area contributed by atoms with E-state index in [1.54, 1.807) is 10.9 Å². The van der Waals surface area contributed by atoms with E-state index in [2.05, 4.69) is 15.7 Å². The van der Waals surface area contributed by atoms with Crippen LogP contribution in [0.4, 0.5) is 10.5 Å². The van der Waals surface area contributed by atoms with Crippen LogP contribution in [0.1, 0.15) is 24.2 Å². The SMILES string of the molecule is CC(N)c1ccc(NC(=O)NCc2ccnn2C)cc1. The molecule has 1 atom stereocenters. The van der Waals surface area contributed by atoms with Gasteiger partial charge in [0, 0.05) is 25.0 Å². The Morgan fingerprint density at radius 1 is 1.35 bits per heavy atom. The fourth-order valence-electron chi connectivity index (χ4n) is 1.79. The quantitative estimate of drug-likeness (QED) is 0.793. The van der Waals surface area contributed by atoms with E-state index in [4.69, 9.17) is 5.73 Å². The normalized spacial score (nSPS) is 11.9. The second-order valence-electron chi connectivity index (χ2n) is 4.66. The summed E-state index contributed by atoms with van der Waals surface area (Å²) in [6.07, 6.45) is 1.70. The van der Waals surface area contributed by atoms with E-state index in [0.717, 1.165) is 16.9 Å². The molecule has 1 aromatic heterocycles. The van der Waals surface area contributed by atoms with E-state index in [-0.39, 0.29) is 12.1 Å². The predicted molar refractivity (Wildman–Crippen MR) is 78.1 cm³/mol. The van der Waals surface area contributed by atoms with Crippen LogP contribution < -0.4 is 16.4 Å². The standard InChI is InChI=1S/C14H19N5O/c1-10(15)11-3-5-12(6-4-11)18-14(20)16-9-13-7-8-17-19(13)2/h3-8,10H,9,15H2,1-2H3,(H2,16,18,20). The summed E-state index contributed by atoms with van der Waals surface area (Å²) in [4.78, 5) is 11.8. The zero-order chi connectivity index (χ0) is 14.5. The number of hydrogen-bond acceptors (Lipinski definition) is 3. The molecule has 0 saturated carbocycles. The van der Waals surface area contributed by atoms with Gasteiger partial charge >= 0.3 is 6.03 Å². The Morgan fingerprint density at radius 2 is 2.05 bits per heavy atom. The number of nitrogens with one attached hydrogen (secondary N) is 2. The lowest BCUT2D eigenvalue weighted by Gasteiger charge is -2.09. The van der Waals surface area contributed by atoms with Gasteiger partial charge in [0.25, 0.3) is 0 Å². The molecule has 2 rings (SSSR count). The van der Waals surface area contributed by atoms with Crippen molar-refractivity contribution in [3.63, 3.8) is 0 Å². The van der Waals surface area contributed by atoms with Crippen molar-refractivity contribution in [2.75, 3.05) is 5.32 Å². The minimum atomic E-state index is -0.250. The Hall–Kier alpha value is -2.34. The third-order valence-corrected chi connectivity index (χ3v) is 3.05. The minimum Gasteiger partial charge on any atom is -0.332 e. The molecule has 0 aliphatic rings. The van der Waals surface area contributed by atoms with Crippen LogP contribution in [-0.4, -0.2) is 15.8 Å². The third kappa shape index (κ3) is 3.58. The van der Waals surface area contributed by atoms with Gasteiger partial charge in [-0.15, -0.1) is 0 Å². The molecule has 0 spiro atoms. The van der Waals surface area contributed by atoms with Gasteiger partial charge in [-0.25, -0.2) is 4.79 Å². The molecule has 6 heteroatoms. The number of aromatic nitrogens is 2. The van der Waals surface area contributed by atoms with Crippen molar-refractivity contribution in [1.29, 1.82) is 0 Å². The topological polar surface area (TPSA) is 85.0 Å². The highest BCUT2D eigenvalue weighted by Crippen LogP contribution is 2.13. The van der Waals surface area contributed by atoms with Gasteiger partial charge in [-0.3, -0.25) is 4.68 Å². The van der Waals surface area contributed by atoms with E-state index in [1.165, 1.54) is 0 Å². The van der Waals surface area contributed by atoms with E-state index in [1.807, 2.05) is 44.3 Å². The average Bonchev–Trinajstić information content (AvgIpc) is 2.82. The lowest BCUT2D eigenvalue weighted by molar-refractivity contribution is 0.251. The highest BCUT2D eigenvalue weighted by molar-refractivity contribution is 5.89. The number of benzene rings is 1. The van der Waals surface area contributed by atoms with Crippen LogP contribution in [0.3, 0.4) is 0 Å². The number of carbonyl (C=O) groups is 1. The van der Waals surface area contributed by atoms with Crippen LogP contribution in [-0.2, 0) is 13.6 Å². The third-order valence-electron chi connectivity index (χ3n) is 3.05. The summed E-state index contributed by atoms with van der Waals surface area (Å²) >= 11 is 0. The first-order valence-electron chi connectivity index (χ1n) is 6.43. The molecule has 1 unspecified atom stereocenters. The Labute approximate surface area is 118 Å². The second-order valence-corrected chi connectivity index (χ2v) is 4.66. The number of amides is 2. The first-order chi connectivity index (χ1) is 9.56. The van der Waals surface area contributed by atoms with E-state index < -0.39 is 0 Å². The summed E-state index contributed by atoms with van der Waals surface area (Å²) in [6.45, 7) is 2.35. The zero-order valence-corrected chi connectivity index (χ0v) is 11.6. The number of anilines is 1. The maximum absolute atomic E-state index is 11.8. The molecule has 0 aliphatic carbocycles. The number of nitrogens with zero attached hydrogens (tertiary/aromatic N) is 2. The number of aryl methyl sites for hydroxylation is 1. The van der Waals surface area contributed by atoms with Gasteiger partial charge in [-0.05, 0) is 30.7 Å². The number of rotatable bonds is 4. The van der Waals surface area contributed by atoms with Crippen LogP contribution in [0, 0.1) is 0 Å². The van der Waals surface area contributed by atoms with Gasteiger partial charge < -0.3 is 16.4 Å². The molecule has 0 fully saturated rings. The second kappa shape index (κ2) is 6.21. The van der Waals surface area contributed by atoms with E-state index in [9.17, 15) is 4.79 Å². The summed E-state index contributed by atoms with van der Waals surface area (Å²) in [7, 11) is 1.83. The average molecular weight is 273 g/mol. The Bertz CT molecular complexity index is 574. The van der Waals surface area contributed by atoms with Crippen LogP contribution in [0.2, 0.25) is 0 Å². The monoisotopic (exact) mass is 273 g/mol. The lowest BCUT2D eigenvalue weighted by Crippen LogP contribution is -2.29. The number of hydrogen-bond donors (Lipinski definition) is 3. The molecule has 0 aliphatic heterocycles. The maximum Gasteiger partial charge on any atom is 0.319 e. The van der Waals surface area contributed by atoms with Crippen molar-refractivity contribution in [2.45, 2.75) is 19.5 Å². The van der Waals surface area contributed by atoms with Gasteiger partial charge in [-0.2, -0.15) is 5.10 Å². The van der Waals surface area contributed by atoms with E-state index in [0.29, 0.717) is 6.54 Å². The van der Waals surface area contributed by atoms with Crippen molar-refractivity contribution in [1.82, 2.24) is 15.1 Å². The summed E-state index contributed by atoms with van der Waals surface area (Å²) < 4.78 is 1.72. The molecule has 4 N–H and O–H groups in total. The molecule has 2 aromatic rings. The summed E-state index contributed by atoms with van der Waals surface area (Å²) in [5.41, 5.74) is 8.48. The van der Waals surface area contributed by atoms with Gasteiger partial charge in [0.2, 0.25) is 0 Å². The van der Waals surface area contributed by atoms with Gasteiger partial charge in [0.05, 0.1) is 12.2 Å². The fraction of sp³-hybridized carbons (Fsp3) is 0.286. The summed E-state index contributed by atoms with van der Waals surface area (Å²) in [6, 6.07) is 9.08. The van der Waals surface area contributed by atoms with E-state index >= 15 is 0 Å². The van der Waals surface area contributed by atoms with Crippen LogP contribution in [0.15, 0.2) is 36.5 Å². The summed E-state index contributed by atoms with van der Waals surface area (Å²) in [5, 5.41) is 9.58. The predicted octanol–water partition coefficient (Wildman–Crippen LogP) is 1.76. The highest BCUT2D eigenvalue weighted by atomic mass is 16.2. The van der Waals surface area contributed by atoms with Crippen LogP contribution in [0.5, 0.6) is 0 Å². The molecule has 2 amide bonds. The van der Waals surface area contributed by atoms with Crippen molar-refractivity contribution < 1.29 is 4.79 Å². The van der Waals surface area contributed by atoms with Crippen molar-refractivity contribution >= 4 is 11.7 Å². The smallest absolute Gasteiger partial charge is 0.319 e. The molecule has 0 radical (unpaired) electrons. The number of carbonyl (C=O) groups excluding carboxylic acids is 1. The first-order valence-corrected chi connectivity index (χ1v) is 6.43. The van der Waals surface area contributed by atoms with Crippen LogP contribution >= 0.6 is 0 Å². The maximum atomic E-state index is 11.8. The molecule has 1 heterocycles. The summed E-state index contributed by atoms with van der Waals surface area (Å²) in [5.74, 6) is 0. The largest absolute Gasteiger partial charge is 0.332 e. The lowest BCUT2D eigenvalue weighted by atomic mass is 10.1. The Balaban J connectivity index is 1.86. The van der Waals surface area contributed by atoms with Crippen molar-refractivity contribution in [3.8, 4) is 0 Å². The Morgan fingerprint density at radius 3 is 2.60 bits per heavy atom. The molecule has 106 valence electrons. The van der Waals surface area contributed by atoms with Crippen molar-refractivity contribution in [2.24, 2.45) is 12.8 Å². The molecule has 6 nitrogen and oxygen atoms in total.